The van der Waals surface area contributed by atoms with Crippen LogP contribution in [0.2, 0.25) is 0 Å². The summed E-state index contributed by atoms with van der Waals surface area (Å²) in [6.07, 6.45) is 1.65. The SMILES string of the molecule is COc1ccc(COc2ccc3oc(-c4cccc(Br)c4C#N)nc3c2)nc1. The molecule has 0 unspecified atom stereocenters. The maximum atomic E-state index is 9.41. The van der Waals surface area contributed by atoms with Gasteiger partial charge >= 0.3 is 0 Å². The molecule has 0 aliphatic heterocycles. The zero-order chi connectivity index (χ0) is 19.5. The highest BCUT2D eigenvalue weighted by Crippen LogP contribution is 2.31. The van der Waals surface area contributed by atoms with Crippen molar-refractivity contribution < 1.29 is 13.9 Å². The topological polar surface area (TPSA) is 81.2 Å². The molecular weight excluding hydrogens is 422 g/mol. The van der Waals surface area contributed by atoms with Crippen molar-refractivity contribution in [2.45, 2.75) is 6.61 Å². The third-order valence-corrected chi connectivity index (χ3v) is 4.80. The van der Waals surface area contributed by atoms with Gasteiger partial charge in [-0.1, -0.05) is 6.07 Å². The highest BCUT2D eigenvalue weighted by molar-refractivity contribution is 9.10. The molecule has 2 heterocycles. The summed E-state index contributed by atoms with van der Waals surface area (Å²) in [5.41, 5.74) is 3.18. The first-order chi connectivity index (χ1) is 13.7. The molecule has 4 aromatic rings. The van der Waals surface area contributed by atoms with Gasteiger partial charge in [-0.3, -0.25) is 4.98 Å². The van der Waals surface area contributed by atoms with E-state index in [0.29, 0.717) is 50.7 Å². The number of hydrogen-bond donors (Lipinski definition) is 0. The fourth-order valence-electron chi connectivity index (χ4n) is 2.70. The van der Waals surface area contributed by atoms with Crippen LogP contribution in [0.1, 0.15) is 11.3 Å². The van der Waals surface area contributed by atoms with Crippen LogP contribution in [-0.4, -0.2) is 17.1 Å². The van der Waals surface area contributed by atoms with Crippen molar-refractivity contribution in [3.8, 4) is 29.0 Å². The molecule has 0 radical (unpaired) electrons. The Morgan fingerprint density at radius 3 is 2.75 bits per heavy atom. The summed E-state index contributed by atoms with van der Waals surface area (Å²) >= 11 is 3.39. The molecule has 7 heteroatoms. The minimum atomic E-state index is 0.324. The molecule has 6 nitrogen and oxygen atoms in total. The van der Waals surface area contributed by atoms with Gasteiger partial charge in [-0.05, 0) is 52.3 Å². The van der Waals surface area contributed by atoms with Crippen molar-refractivity contribution in [2.75, 3.05) is 7.11 Å². The number of ether oxygens (including phenoxy) is 2. The van der Waals surface area contributed by atoms with Crippen molar-refractivity contribution in [3.63, 3.8) is 0 Å². The number of rotatable bonds is 5. The molecule has 0 amide bonds. The summed E-state index contributed by atoms with van der Waals surface area (Å²) in [5, 5.41) is 9.41. The molecular formula is C21H14BrN3O3. The number of oxazole rings is 1. The smallest absolute Gasteiger partial charge is 0.228 e. The van der Waals surface area contributed by atoms with Crippen LogP contribution in [0, 0.1) is 11.3 Å². The molecule has 0 aliphatic rings. The third-order valence-electron chi connectivity index (χ3n) is 4.13. The lowest BCUT2D eigenvalue weighted by Crippen LogP contribution is -1.98. The third kappa shape index (κ3) is 3.55. The minimum absolute atomic E-state index is 0.324. The molecule has 0 fully saturated rings. The lowest BCUT2D eigenvalue weighted by Gasteiger charge is -2.06. The predicted molar refractivity (Wildman–Crippen MR) is 107 cm³/mol. The van der Waals surface area contributed by atoms with Crippen LogP contribution in [0.3, 0.4) is 0 Å². The van der Waals surface area contributed by atoms with Crippen molar-refractivity contribution in [3.05, 3.63) is 70.5 Å². The number of fused-ring (bicyclic) bond motifs is 1. The van der Waals surface area contributed by atoms with E-state index in [1.165, 1.54) is 0 Å². The van der Waals surface area contributed by atoms with E-state index < -0.39 is 0 Å². The van der Waals surface area contributed by atoms with Gasteiger partial charge in [0.2, 0.25) is 5.89 Å². The molecule has 0 spiro atoms. The normalized spacial score (nSPS) is 10.6. The summed E-state index contributed by atoms with van der Waals surface area (Å²) in [4.78, 5) is 8.80. The summed E-state index contributed by atoms with van der Waals surface area (Å²) in [6.45, 7) is 0.324. The number of hydrogen-bond acceptors (Lipinski definition) is 6. The first kappa shape index (κ1) is 18.0. The van der Waals surface area contributed by atoms with Gasteiger partial charge < -0.3 is 13.9 Å². The quantitative estimate of drug-likeness (QED) is 0.433. The molecule has 0 saturated carbocycles. The number of nitriles is 1. The second-order valence-electron chi connectivity index (χ2n) is 5.90. The van der Waals surface area contributed by atoms with Crippen molar-refractivity contribution in [2.24, 2.45) is 0 Å². The monoisotopic (exact) mass is 435 g/mol. The Morgan fingerprint density at radius 2 is 2.00 bits per heavy atom. The highest BCUT2D eigenvalue weighted by atomic mass is 79.9. The number of benzene rings is 2. The number of pyridine rings is 1. The highest BCUT2D eigenvalue weighted by Gasteiger charge is 2.15. The van der Waals surface area contributed by atoms with E-state index in [1.54, 1.807) is 31.5 Å². The second-order valence-corrected chi connectivity index (χ2v) is 6.76. The molecule has 0 N–H and O–H groups in total. The van der Waals surface area contributed by atoms with Crippen molar-refractivity contribution >= 4 is 27.0 Å². The zero-order valence-corrected chi connectivity index (χ0v) is 16.4. The fraction of sp³-hybridized carbons (Fsp3) is 0.0952. The average molecular weight is 436 g/mol. The van der Waals surface area contributed by atoms with E-state index in [-0.39, 0.29) is 0 Å². The number of halogens is 1. The Hall–Kier alpha value is -3.37. The molecule has 138 valence electrons. The van der Waals surface area contributed by atoms with Crippen molar-refractivity contribution in [1.82, 2.24) is 9.97 Å². The van der Waals surface area contributed by atoms with Gasteiger partial charge in [-0.25, -0.2) is 4.98 Å². The van der Waals surface area contributed by atoms with Crippen LogP contribution >= 0.6 is 15.9 Å². The van der Waals surface area contributed by atoms with E-state index in [0.717, 1.165) is 5.69 Å². The van der Waals surface area contributed by atoms with Crippen molar-refractivity contribution in [1.29, 1.82) is 5.26 Å². The first-order valence-corrected chi connectivity index (χ1v) is 9.18. The lowest BCUT2D eigenvalue weighted by atomic mass is 10.1. The summed E-state index contributed by atoms with van der Waals surface area (Å²) in [6, 6.07) is 16.7. The Kier molecular flexibility index (Phi) is 4.96. The van der Waals surface area contributed by atoms with E-state index in [9.17, 15) is 5.26 Å². The molecule has 2 aromatic carbocycles. The molecule has 0 saturated heterocycles. The van der Waals surface area contributed by atoms with Gasteiger partial charge in [0.25, 0.3) is 0 Å². The molecule has 0 bridgehead atoms. The van der Waals surface area contributed by atoms with Crippen LogP contribution < -0.4 is 9.47 Å². The van der Waals surface area contributed by atoms with Gasteiger partial charge in [-0.2, -0.15) is 5.26 Å². The Labute approximate surface area is 169 Å². The standard InChI is InChI=1S/C21H14BrN3O3/c1-26-15-6-5-13(24-11-15)12-27-14-7-8-20-19(9-14)25-21(28-20)16-3-2-4-18(22)17(16)10-23/h2-9,11H,12H2,1H3. The average Bonchev–Trinajstić information content (AvgIpc) is 3.15. The second kappa shape index (κ2) is 7.71. The van der Waals surface area contributed by atoms with E-state index in [4.69, 9.17) is 13.9 Å². The van der Waals surface area contributed by atoms with E-state index >= 15 is 0 Å². The molecule has 0 aliphatic carbocycles. The van der Waals surface area contributed by atoms with Gasteiger partial charge in [0, 0.05) is 10.5 Å². The molecule has 0 atom stereocenters. The first-order valence-electron chi connectivity index (χ1n) is 8.39. The van der Waals surface area contributed by atoms with E-state index in [2.05, 4.69) is 32.0 Å². The van der Waals surface area contributed by atoms with Crippen LogP contribution in [0.15, 0.2) is 63.6 Å². The largest absolute Gasteiger partial charge is 0.495 e. The van der Waals surface area contributed by atoms with Gasteiger partial charge in [0.1, 0.15) is 29.7 Å². The van der Waals surface area contributed by atoms with Crippen LogP contribution in [0.4, 0.5) is 0 Å². The lowest BCUT2D eigenvalue weighted by molar-refractivity contribution is 0.301. The minimum Gasteiger partial charge on any atom is -0.495 e. The predicted octanol–water partition coefficient (Wildman–Crippen LogP) is 5.11. The Morgan fingerprint density at radius 1 is 1.14 bits per heavy atom. The number of methoxy groups -OCH3 is 1. The summed E-state index contributed by atoms with van der Waals surface area (Å²) in [7, 11) is 1.60. The fourth-order valence-corrected chi connectivity index (χ4v) is 3.16. The van der Waals surface area contributed by atoms with Crippen LogP contribution in [0.5, 0.6) is 11.5 Å². The molecule has 2 aromatic heterocycles. The maximum Gasteiger partial charge on any atom is 0.228 e. The van der Waals surface area contributed by atoms with E-state index in [1.807, 2.05) is 30.3 Å². The Balaban J connectivity index is 1.58. The Bertz CT molecular complexity index is 1180. The molecule has 28 heavy (non-hydrogen) atoms. The van der Waals surface area contributed by atoms with Gasteiger partial charge in [0.05, 0.1) is 30.1 Å². The van der Waals surface area contributed by atoms with Crippen LogP contribution in [-0.2, 0) is 6.61 Å². The molecule has 4 rings (SSSR count). The summed E-state index contributed by atoms with van der Waals surface area (Å²) in [5.74, 6) is 1.74. The van der Waals surface area contributed by atoms with Crippen LogP contribution in [0.25, 0.3) is 22.6 Å². The summed E-state index contributed by atoms with van der Waals surface area (Å²) < 4.78 is 17.4. The zero-order valence-electron chi connectivity index (χ0n) is 14.8. The van der Waals surface area contributed by atoms with Gasteiger partial charge in [0.15, 0.2) is 5.58 Å². The number of aromatic nitrogens is 2. The maximum absolute atomic E-state index is 9.41. The van der Waals surface area contributed by atoms with Gasteiger partial charge in [-0.15, -0.1) is 0 Å². The number of nitrogens with zero attached hydrogens (tertiary/aromatic N) is 3.